The van der Waals surface area contributed by atoms with Crippen LogP contribution in [0.25, 0.3) is 0 Å². The number of aryl methyl sites for hydroxylation is 1. The van der Waals surface area contributed by atoms with E-state index in [0.29, 0.717) is 17.0 Å². The van der Waals surface area contributed by atoms with Crippen LogP contribution < -0.4 is 4.74 Å². The van der Waals surface area contributed by atoms with Crippen LogP contribution >= 0.6 is 0 Å². The Hall–Kier alpha value is -3.15. The van der Waals surface area contributed by atoms with Crippen molar-refractivity contribution in [2.24, 2.45) is 10.2 Å². The maximum Gasteiger partial charge on any atom is 0.336 e. The molecule has 1 N–H and O–H groups in total. The van der Waals surface area contributed by atoms with Crippen LogP contribution in [0.5, 0.6) is 11.5 Å². The monoisotopic (exact) mass is 340 g/mol. The molecule has 0 aromatic heterocycles. The summed E-state index contributed by atoms with van der Waals surface area (Å²) in [6.07, 6.45) is -0.813. The van der Waals surface area contributed by atoms with E-state index < -0.39 is 12.3 Å². The Kier molecular flexibility index (Phi) is 5.89. The van der Waals surface area contributed by atoms with Gasteiger partial charge in [-0.05, 0) is 37.6 Å². The van der Waals surface area contributed by atoms with E-state index in [1.54, 1.807) is 39.0 Å². The van der Waals surface area contributed by atoms with Gasteiger partial charge < -0.3 is 14.6 Å². The first kappa shape index (κ1) is 18.2. The van der Waals surface area contributed by atoms with Crippen molar-refractivity contribution in [1.29, 1.82) is 0 Å². The summed E-state index contributed by atoms with van der Waals surface area (Å²) in [5.41, 5.74) is 1.78. The highest BCUT2D eigenvalue weighted by atomic mass is 16.7. The lowest BCUT2D eigenvalue weighted by atomic mass is 10.2. The Labute approximate surface area is 146 Å². The minimum atomic E-state index is -0.813. The van der Waals surface area contributed by atoms with Crippen LogP contribution in [0, 0.1) is 6.92 Å². The van der Waals surface area contributed by atoms with Crippen LogP contribution in [-0.4, -0.2) is 17.4 Å². The number of hydrogen-bond donors (Lipinski definition) is 1. The second kappa shape index (κ2) is 8.10. The normalized spacial score (nSPS) is 12.0. The van der Waals surface area contributed by atoms with Gasteiger partial charge in [-0.1, -0.05) is 24.8 Å². The smallest absolute Gasteiger partial charge is 0.336 e. The van der Waals surface area contributed by atoms with E-state index in [4.69, 9.17) is 9.47 Å². The van der Waals surface area contributed by atoms with Gasteiger partial charge in [-0.3, -0.25) is 0 Å². The number of azo groups is 1. The second-order valence-electron chi connectivity index (χ2n) is 5.51. The highest BCUT2D eigenvalue weighted by Gasteiger charge is 2.14. The van der Waals surface area contributed by atoms with Crippen molar-refractivity contribution in [3.05, 3.63) is 60.2 Å². The van der Waals surface area contributed by atoms with Crippen LogP contribution in [0.15, 0.2) is 64.8 Å². The number of nitrogens with zero attached hydrogens (tertiary/aromatic N) is 2. The summed E-state index contributed by atoms with van der Waals surface area (Å²) < 4.78 is 10.6. The summed E-state index contributed by atoms with van der Waals surface area (Å²) in [5.74, 6) is -0.120. The summed E-state index contributed by atoms with van der Waals surface area (Å²) in [4.78, 5) is 11.5. The largest absolute Gasteiger partial charge is 0.505 e. The summed E-state index contributed by atoms with van der Waals surface area (Å²) in [6.45, 7) is 8.38. The average Bonchev–Trinajstić information content (AvgIpc) is 2.57. The van der Waals surface area contributed by atoms with Gasteiger partial charge in [-0.2, -0.15) is 5.11 Å². The summed E-state index contributed by atoms with van der Waals surface area (Å²) >= 11 is 0. The molecule has 0 fully saturated rings. The van der Waals surface area contributed by atoms with Crippen LogP contribution in [0.3, 0.4) is 0 Å². The molecule has 0 radical (unpaired) electrons. The number of aromatic hydroxyl groups is 1. The Morgan fingerprint density at radius 2 is 1.88 bits per heavy atom. The molecule has 6 heteroatoms. The lowest BCUT2D eigenvalue weighted by Gasteiger charge is -2.16. The topological polar surface area (TPSA) is 80.5 Å². The number of rotatable bonds is 6. The number of carbonyl (C=O) groups is 1. The highest BCUT2D eigenvalue weighted by molar-refractivity contribution is 5.87. The van der Waals surface area contributed by atoms with Crippen LogP contribution in [0.1, 0.15) is 19.4 Å². The van der Waals surface area contributed by atoms with Crippen molar-refractivity contribution >= 4 is 17.3 Å². The predicted molar refractivity (Wildman–Crippen MR) is 94.5 cm³/mol. The lowest BCUT2D eigenvalue weighted by molar-refractivity contribution is -0.156. The highest BCUT2D eigenvalue weighted by Crippen LogP contribution is 2.35. The fraction of sp³-hybridized carbons (Fsp3) is 0.211. The van der Waals surface area contributed by atoms with Crippen molar-refractivity contribution in [2.75, 3.05) is 0 Å². The molecule has 0 spiro atoms. The van der Waals surface area contributed by atoms with Crippen molar-refractivity contribution in [3.63, 3.8) is 0 Å². The maximum absolute atomic E-state index is 11.5. The van der Waals surface area contributed by atoms with E-state index in [9.17, 15) is 9.90 Å². The van der Waals surface area contributed by atoms with Crippen molar-refractivity contribution in [3.8, 4) is 11.5 Å². The van der Waals surface area contributed by atoms with Gasteiger partial charge in [-0.15, -0.1) is 5.11 Å². The molecule has 2 aromatic carbocycles. The molecule has 0 aliphatic carbocycles. The molecule has 0 aliphatic rings. The Balaban J connectivity index is 2.18. The van der Waals surface area contributed by atoms with Gasteiger partial charge in [0.25, 0.3) is 0 Å². The molecule has 130 valence electrons. The molecule has 0 heterocycles. The van der Waals surface area contributed by atoms with E-state index in [0.717, 1.165) is 0 Å². The second-order valence-corrected chi connectivity index (χ2v) is 5.51. The number of benzene rings is 2. The molecule has 0 saturated carbocycles. The fourth-order valence-corrected chi connectivity index (χ4v) is 1.95. The van der Waals surface area contributed by atoms with Gasteiger partial charge in [-0.25, -0.2) is 4.79 Å². The van der Waals surface area contributed by atoms with Gasteiger partial charge in [0.1, 0.15) is 17.2 Å². The van der Waals surface area contributed by atoms with Crippen molar-refractivity contribution in [2.45, 2.75) is 27.1 Å². The van der Waals surface area contributed by atoms with E-state index in [-0.39, 0.29) is 17.0 Å². The van der Waals surface area contributed by atoms with Gasteiger partial charge in [0.15, 0.2) is 0 Å². The molecule has 0 aliphatic heterocycles. The first-order valence-corrected chi connectivity index (χ1v) is 7.70. The Bertz CT molecular complexity index is 801. The van der Waals surface area contributed by atoms with Crippen LogP contribution in [0.2, 0.25) is 0 Å². The summed E-state index contributed by atoms with van der Waals surface area (Å²) in [7, 11) is 0. The first-order chi connectivity index (χ1) is 11.9. The molecule has 1 unspecified atom stereocenters. The molecule has 2 rings (SSSR count). The Morgan fingerprint density at radius 1 is 1.20 bits per heavy atom. The van der Waals surface area contributed by atoms with Crippen LogP contribution in [-0.2, 0) is 9.53 Å². The summed E-state index contributed by atoms with van der Waals surface area (Å²) in [6, 6.07) is 12.3. The van der Waals surface area contributed by atoms with Gasteiger partial charge >= 0.3 is 5.97 Å². The first-order valence-electron chi connectivity index (χ1n) is 7.70. The SMILES string of the molecule is C=C(C)C(=O)OC(C)Oc1cc(C)c(O)c(N=Nc2ccccc2)c1. The number of carbonyl (C=O) groups excluding carboxylic acids is 1. The van der Waals surface area contributed by atoms with Crippen molar-refractivity contribution < 1.29 is 19.4 Å². The summed E-state index contributed by atoms with van der Waals surface area (Å²) in [5, 5.41) is 18.3. The number of hydrogen-bond acceptors (Lipinski definition) is 6. The third kappa shape index (κ3) is 5.17. The Morgan fingerprint density at radius 3 is 2.52 bits per heavy atom. The minimum Gasteiger partial charge on any atom is -0.505 e. The number of ether oxygens (including phenoxy) is 2. The van der Waals surface area contributed by atoms with E-state index in [1.165, 1.54) is 6.07 Å². The fourth-order valence-electron chi connectivity index (χ4n) is 1.95. The van der Waals surface area contributed by atoms with Gasteiger partial charge in [0.2, 0.25) is 6.29 Å². The molecule has 1 atom stereocenters. The molecule has 6 nitrogen and oxygen atoms in total. The van der Waals surface area contributed by atoms with Crippen LogP contribution in [0.4, 0.5) is 11.4 Å². The third-order valence-corrected chi connectivity index (χ3v) is 3.21. The van der Waals surface area contributed by atoms with Gasteiger partial charge in [0, 0.05) is 18.6 Å². The third-order valence-electron chi connectivity index (χ3n) is 3.21. The predicted octanol–water partition coefficient (Wildman–Crippen LogP) is 4.96. The molecule has 0 bridgehead atoms. The van der Waals surface area contributed by atoms with Gasteiger partial charge in [0.05, 0.1) is 5.69 Å². The molecule has 25 heavy (non-hydrogen) atoms. The molecule has 0 amide bonds. The molecular formula is C19H20N2O4. The van der Waals surface area contributed by atoms with Crippen molar-refractivity contribution in [1.82, 2.24) is 0 Å². The standard InChI is InChI=1S/C19H20N2O4/c1-12(2)19(23)25-14(4)24-16-10-13(3)18(22)17(11-16)21-20-15-8-6-5-7-9-15/h5-11,14,22H,1H2,2-4H3. The zero-order valence-corrected chi connectivity index (χ0v) is 14.4. The molecular weight excluding hydrogens is 320 g/mol. The molecule has 0 saturated heterocycles. The number of phenols is 1. The molecule has 2 aromatic rings. The van der Waals surface area contributed by atoms with E-state index in [1.807, 2.05) is 18.2 Å². The zero-order chi connectivity index (χ0) is 18.4. The minimum absolute atomic E-state index is 0.0126. The zero-order valence-electron chi connectivity index (χ0n) is 14.4. The number of esters is 1. The van der Waals surface area contributed by atoms with E-state index in [2.05, 4.69) is 16.8 Å². The maximum atomic E-state index is 11.5. The lowest BCUT2D eigenvalue weighted by Crippen LogP contribution is -2.21. The average molecular weight is 340 g/mol. The quantitative estimate of drug-likeness (QED) is 0.349. The number of phenolic OH excluding ortho intramolecular Hbond substituents is 1. The van der Waals surface area contributed by atoms with E-state index >= 15 is 0 Å².